The number of hydrogen-bond donors (Lipinski definition) is 0. The van der Waals surface area contributed by atoms with Gasteiger partial charge in [-0.2, -0.15) is 0 Å². The van der Waals surface area contributed by atoms with E-state index >= 15 is 0 Å². The molecule has 0 spiro atoms. The number of amides is 1. The first-order valence-corrected chi connectivity index (χ1v) is 6.35. The van der Waals surface area contributed by atoms with Crippen molar-refractivity contribution in [3.8, 4) is 5.88 Å². The molecular formula is C13H17N3O3. The van der Waals surface area contributed by atoms with Gasteiger partial charge in [-0.15, -0.1) is 0 Å². The molecule has 1 aliphatic rings. The maximum absolute atomic E-state index is 11.8. The minimum absolute atomic E-state index is 0.0143. The van der Waals surface area contributed by atoms with Crippen molar-refractivity contribution in [2.24, 2.45) is 0 Å². The first-order chi connectivity index (χ1) is 9.15. The topological polar surface area (TPSA) is 72.4 Å². The fourth-order valence-electron chi connectivity index (χ4n) is 2.01. The predicted molar refractivity (Wildman–Crippen MR) is 67.6 cm³/mol. The molecule has 0 bridgehead atoms. The van der Waals surface area contributed by atoms with Crippen LogP contribution in [0.1, 0.15) is 26.2 Å². The van der Waals surface area contributed by atoms with Gasteiger partial charge in [0.15, 0.2) is 0 Å². The number of carbonyl (C=O) groups is 2. The second-order valence-electron chi connectivity index (χ2n) is 4.61. The van der Waals surface area contributed by atoms with Gasteiger partial charge in [0.25, 0.3) is 0 Å². The summed E-state index contributed by atoms with van der Waals surface area (Å²) in [4.78, 5) is 32.4. The van der Waals surface area contributed by atoms with Crippen LogP contribution < -0.4 is 4.74 Å². The van der Waals surface area contributed by atoms with Crippen molar-refractivity contribution in [2.75, 3.05) is 13.1 Å². The Labute approximate surface area is 111 Å². The molecule has 1 fully saturated rings. The highest BCUT2D eigenvalue weighted by Gasteiger charge is 2.27. The molecule has 1 aliphatic heterocycles. The van der Waals surface area contributed by atoms with E-state index in [1.165, 1.54) is 6.92 Å². The van der Waals surface area contributed by atoms with E-state index in [2.05, 4.69) is 9.97 Å². The maximum atomic E-state index is 11.8. The zero-order valence-electron chi connectivity index (χ0n) is 10.9. The first-order valence-electron chi connectivity index (χ1n) is 6.35. The van der Waals surface area contributed by atoms with Crippen LogP contribution in [0, 0.1) is 0 Å². The molecule has 1 atom stereocenters. The van der Waals surface area contributed by atoms with Crippen LogP contribution in [0.25, 0.3) is 0 Å². The van der Waals surface area contributed by atoms with E-state index in [0.29, 0.717) is 25.4 Å². The van der Waals surface area contributed by atoms with Crippen LogP contribution in [-0.2, 0) is 9.59 Å². The second-order valence-corrected chi connectivity index (χ2v) is 4.61. The van der Waals surface area contributed by atoms with Crippen molar-refractivity contribution in [2.45, 2.75) is 32.3 Å². The van der Waals surface area contributed by atoms with Crippen LogP contribution in [0.5, 0.6) is 5.88 Å². The fourth-order valence-corrected chi connectivity index (χ4v) is 2.01. The number of ether oxygens (including phenoxy) is 1. The average Bonchev–Trinajstić information content (AvgIpc) is 2.85. The van der Waals surface area contributed by atoms with Crippen molar-refractivity contribution < 1.29 is 14.3 Å². The Morgan fingerprint density at radius 3 is 2.95 bits per heavy atom. The number of carbonyl (C=O) groups excluding carboxylic acids is 2. The third kappa shape index (κ3) is 4.01. The highest BCUT2D eigenvalue weighted by molar-refractivity contribution is 5.83. The van der Waals surface area contributed by atoms with Gasteiger partial charge in [-0.25, -0.2) is 4.98 Å². The SMILES string of the molecule is CC(=O)CCC(=O)N1CCC(Oc2cnccn2)C1. The molecule has 6 heteroatoms. The molecule has 102 valence electrons. The number of hydrogen-bond acceptors (Lipinski definition) is 5. The Kier molecular flexibility index (Phi) is 4.43. The molecule has 2 rings (SSSR count). The lowest BCUT2D eigenvalue weighted by Crippen LogP contribution is -2.31. The predicted octanol–water partition coefficient (Wildman–Crippen LogP) is 0.825. The average molecular weight is 263 g/mol. The van der Waals surface area contributed by atoms with Crippen LogP contribution in [0.2, 0.25) is 0 Å². The number of likely N-dealkylation sites (tertiary alicyclic amines) is 1. The van der Waals surface area contributed by atoms with E-state index in [-0.39, 0.29) is 24.2 Å². The standard InChI is InChI=1S/C13H17N3O3/c1-10(17)2-3-13(18)16-7-4-11(9-16)19-12-8-14-5-6-15-12/h5-6,8,11H,2-4,7,9H2,1H3. The summed E-state index contributed by atoms with van der Waals surface area (Å²) in [6.45, 7) is 2.71. The van der Waals surface area contributed by atoms with Crippen molar-refractivity contribution in [3.05, 3.63) is 18.6 Å². The monoisotopic (exact) mass is 263 g/mol. The van der Waals surface area contributed by atoms with Gasteiger partial charge in [-0.3, -0.25) is 9.78 Å². The molecule has 19 heavy (non-hydrogen) atoms. The summed E-state index contributed by atoms with van der Waals surface area (Å²) in [5.41, 5.74) is 0. The van der Waals surface area contributed by atoms with Crippen LogP contribution >= 0.6 is 0 Å². The smallest absolute Gasteiger partial charge is 0.232 e. The minimum atomic E-state index is -0.0435. The molecule has 1 aromatic heterocycles. The van der Waals surface area contributed by atoms with Gasteiger partial charge < -0.3 is 14.4 Å². The van der Waals surface area contributed by atoms with Gasteiger partial charge in [-0.1, -0.05) is 0 Å². The molecular weight excluding hydrogens is 246 g/mol. The normalized spacial score (nSPS) is 18.4. The van der Waals surface area contributed by atoms with E-state index in [4.69, 9.17) is 4.74 Å². The highest BCUT2D eigenvalue weighted by Crippen LogP contribution is 2.16. The van der Waals surface area contributed by atoms with E-state index in [1.54, 1.807) is 23.5 Å². The van der Waals surface area contributed by atoms with Crippen LogP contribution in [0.15, 0.2) is 18.6 Å². The molecule has 1 saturated heterocycles. The summed E-state index contributed by atoms with van der Waals surface area (Å²) in [6, 6.07) is 0. The largest absolute Gasteiger partial charge is 0.471 e. The quantitative estimate of drug-likeness (QED) is 0.786. The number of nitrogens with zero attached hydrogens (tertiary/aromatic N) is 3. The van der Waals surface area contributed by atoms with Gasteiger partial charge in [0, 0.05) is 38.2 Å². The Balaban J connectivity index is 1.80. The number of rotatable bonds is 5. The molecule has 0 saturated carbocycles. The van der Waals surface area contributed by atoms with Gasteiger partial charge in [0.2, 0.25) is 11.8 Å². The Morgan fingerprint density at radius 2 is 2.26 bits per heavy atom. The summed E-state index contributed by atoms with van der Waals surface area (Å²) in [6.07, 6.45) is 6.04. The Morgan fingerprint density at radius 1 is 1.42 bits per heavy atom. The third-order valence-corrected chi connectivity index (χ3v) is 3.02. The molecule has 1 amide bonds. The van der Waals surface area contributed by atoms with E-state index < -0.39 is 0 Å². The molecule has 0 aliphatic carbocycles. The lowest BCUT2D eigenvalue weighted by Gasteiger charge is -2.16. The van der Waals surface area contributed by atoms with Crippen molar-refractivity contribution in [1.29, 1.82) is 0 Å². The summed E-state index contributed by atoms with van der Waals surface area (Å²) < 4.78 is 5.65. The lowest BCUT2D eigenvalue weighted by molar-refractivity contribution is -0.132. The Bertz CT molecular complexity index is 450. The first kappa shape index (κ1) is 13.5. The summed E-state index contributed by atoms with van der Waals surface area (Å²) in [5, 5.41) is 0. The van der Waals surface area contributed by atoms with Gasteiger partial charge in [0.1, 0.15) is 11.9 Å². The molecule has 1 aromatic rings. The molecule has 2 heterocycles. The second kappa shape index (κ2) is 6.26. The number of Topliss-reactive ketones (excluding diaryl/α,β-unsaturated/α-hetero) is 1. The van der Waals surface area contributed by atoms with Crippen molar-refractivity contribution >= 4 is 11.7 Å². The molecule has 0 N–H and O–H groups in total. The van der Waals surface area contributed by atoms with Gasteiger partial charge >= 0.3 is 0 Å². The van der Waals surface area contributed by atoms with E-state index in [1.807, 2.05) is 0 Å². The summed E-state index contributed by atoms with van der Waals surface area (Å²) in [7, 11) is 0. The van der Waals surface area contributed by atoms with E-state index in [0.717, 1.165) is 6.42 Å². The zero-order valence-corrected chi connectivity index (χ0v) is 10.9. The summed E-state index contributed by atoms with van der Waals surface area (Å²) in [5.74, 6) is 0.533. The third-order valence-electron chi connectivity index (χ3n) is 3.02. The van der Waals surface area contributed by atoms with Crippen molar-refractivity contribution in [3.63, 3.8) is 0 Å². The van der Waals surface area contributed by atoms with Crippen LogP contribution in [0.3, 0.4) is 0 Å². The van der Waals surface area contributed by atoms with E-state index in [9.17, 15) is 9.59 Å². The molecule has 0 aromatic carbocycles. The fraction of sp³-hybridized carbons (Fsp3) is 0.538. The minimum Gasteiger partial charge on any atom is -0.471 e. The van der Waals surface area contributed by atoms with Gasteiger partial charge in [-0.05, 0) is 6.92 Å². The molecule has 6 nitrogen and oxygen atoms in total. The lowest BCUT2D eigenvalue weighted by atomic mass is 10.2. The Hall–Kier alpha value is -1.98. The maximum Gasteiger partial charge on any atom is 0.232 e. The van der Waals surface area contributed by atoms with Crippen molar-refractivity contribution in [1.82, 2.24) is 14.9 Å². The molecule has 0 radical (unpaired) electrons. The number of ketones is 1. The van der Waals surface area contributed by atoms with Gasteiger partial charge in [0.05, 0.1) is 12.7 Å². The van der Waals surface area contributed by atoms with Crippen LogP contribution in [0.4, 0.5) is 0 Å². The zero-order chi connectivity index (χ0) is 13.7. The molecule has 1 unspecified atom stereocenters. The summed E-state index contributed by atoms with van der Waals surface area (Å²) >= 11 is 0. The highest BCUT2D eigenvalue weighted by atomic mass is 16.5. The number of aromatic nitrogens is 2. The van der Waals surface area contributed by atoms with Crippen LogP contribution in [-0.4, -0.2) is 45.8 Å².